The minimum Gasteiger partial charge on any atom is -0.379 e. The van der Waals surface area contributed by atoms with Gasteiger partial charge in [0.05, 0.1) is 17.8 Å². The normalized spacial score (nSPS) is 10.8. The summed E-state index contributed by atoms with van der Waals surface area (Å²) in [5.41, 5.74) is 5.76. The first-order valence-corrected chi connectivity index (χ1v) is 7.78. The number of nitrogens with one attached hydrogen (secondary N) is 1. The second-order valence-corrected chi connectivity index (χ2v) is 6.18. The highest BCUT2D eigenvalue weighted by atomic mass is 79.9. The van der Waals surface area contributed by atoms with Crippen LogP contribution >= 0.6 is 15.9 Å². The minimum absolute atomic E-state index is 0.730. The lowest BCUT2D eigenvalue weighted by atomic mass is 10.1. The summed E-state index contributed by atoms with van der Waals surface area (Å²) in [6.07, 6.45) is 0. The van der Waals surface area contributed by atoms with Crippen LogP contribution in [0.2, 0.25) is 0 Å². The van der Waals surface area contributed by atoms with Gasteiger partial charge in [0.1, 0.15) is 0 Å². The molecule has 106 valence electrons. The fourth-order valence-electron chi connectivity index (χ4n) is 2.58. The zero-order valence-electron chi connectivity index (χ0n) is 12.2. The molecule has 0 saturated carbocycles. The molecule has 1 aromatic heterocycles. The first kappa shape index (κ1) is 14.1. The highest BCUT2D eigenvalue weighted by Gasteiger charge is 2.05. The number of para-hydroxylation sites is 1. The maximum absolute atomic E-state index is 4.70. The summed E-state index contributed by atoms with van der Waals surface area (Å²) in [4.78, 5) is 4.70. The number of halogens is 1. The predicted molar refractivity (Wildman–Crippen MR) is 92.7 cm³/mol. The summed E-state index contributed by atoms with van der Waals surface area (Å²) in [5.74, 6) is 0. The van der Waals surface area contributed by atoms with Gasteiger partial charge in [-0.2, -0.15) is 0 Å². The van der Waals surface area contributed by atoms with Crippen molar-refractivity contribution in [2.45, 2.75) is 20.4 Å². The molecule has 3 aromatic rings. The number of nitrogens with zero attached hydrogens (tertiary/aromatic N) is 1. The highest BCUT2D eigenvalue weighted by molar-refractivity contribution is 9.10. The lowest BCUT2D eigenvalue weighted by Gasteiger charge is -2.13. The van der Waals surface area contributed by atoms with Gasteiger partial charge in [0.15, 0.2) is 0 Å². The number of aromatic nitrogens is 1. The van der Waals surface area contributed by atoms with Gasteiger partial charge in [0, 0.05) is 15.5 Å². The average Bonchev–Trinajstić information content (AvgIpc) is 2.46. The molecule has 0 spiro atoms. The molecule has 0 unspecified atom stereocenters. The Morgan fingerprint density at radius 2 is 1.71 bits per heavy atom. The third kappa shape index (κ3) is 3.08. The Labute approximate surface area is 133 Å². The van der Waals surface area contributed by atoms with Gasteiger partial charge in [-0.1, -0.05) is 40.2 Å². The van der Waals surface area contributed by atoms with Gasteiger partial charge < -0.3 is 5.32 Å². The largest absolute Gasteiger partial charge is 0.379 e. The van der Waals surface area contributed by atoms with Gasteiger partial charge in [0.2, 0.25) is 0 Å². The number of rotatable bonds is 3. The molecular weight excluding hydrogens is 324 g/mol. The summed E-state index contributed by atoms with van der Waals surface area (Å²) >= 11 is 3.53. The zero-order chi connectivity index (χ0) is 14.8. The molecule has 3 heteroatoms. The van der Waals surface area contributed by atoms with E-state index in [0.717, 1.165) is 22.2 Å². The molecule has 0 bridgehead atoms. The minimum atomic E-state index is 0.730. The van der Waals surface area contributed by atoms with Gasteiger partial charge in [-0.3, -0.25) is 4.98 Å². The van der Waals surface area contributed by atoms with Crippen LogP contribution in [0.3, 0.4) is 0 Å². The van der Waals surface area contributed by atoms with E-state index in [-0.39, 0.29) is 0 Å². The summed E-state index contributed by atoms with van der Waals surface area (Å²) in [6.45, 7) is 4.97. The second kappa shape index (κ2) is 5.86. The van der Waals surface area contributed by atoms with E-state index in [2.05, 4.69) is 71.5 Å². The number of pyridine rings is 1. The summed E-state index contributed by atoms with van der Waals surface area (Å²) in [7, 11) is 0. The maximum Gasteiger partial charge on any atom is 0.0706 e. The van der Waals surface area contributed by atoms with Crippen molar-refractivity contribution >= 4 is 32.5 Å². The van der Waals surface area contributed by atoms with Crippen molar-refractivity contribution in [1.29, 1.82) is 0 Å². The standard InChI is InChI=1S/C18H17BrN2/c1-12-9-15(19)10-13(2)18(12)20-11-16-8-7-14-5-3-4-6-17(14)21-16/h3-10,20H,11H2,1-2H3. The number of anilines is 1. The van der Waals surface area contributed by atoms with Crippen molar-refractivity contribution in [3.05, 3.63) is 69.8 Å². The van der Waals surface area contributed by atoms with E-state index >= 15 is 0 Å². The van der Waals surface area contributed by atoms with E-state index in [1.165, 1.54) is 22.2 Å². The number of fused-ring (bicyclic) bond motifs is 1. The molecule has 0 saturated heterocycles. The Bertz CT molecular complexity index is 773. The lowest BCUT2D eigenvalue weighted by molar-refractivity contribution is 1.06. The smallest absolute Gasteiger partial charge is 0.0706 e. The molecule has 0 aliphatic heterocycles. The molecule has 0 aliphatic carbocycles. The molecule has 1 N–H and O–H groups in total. The Morgan fingerprint density at radius 1 is 1.00 bits per heavy atom. The molecule has 0 amide bonds. The van der Waals surface area contributed by atoms with Crippen LogP contribution in [0.4, 0.5) is 5.69 Å². The number of hydrogen-bond acceptors (Lipinski definition) is 2. The summed E-state index contributed by atoms with van der Waals surface area (Å²) in [5, 5.41) is 4.68. The van der Waals surface area contributed by atoms with Crippen molar-refractivity contribution in [2.24, 2.45) is 0 Å². The third-order valence-corrected chi connectivity index (χ3v) is 4.06. The number of benzene rings is 2. The van der Waals surface area contributed by atoms with Gasteiger partial charge in [0.25, 0.3) is 0 Å². The maximum atomic E-state index is 4.70. The predicted octanol–water partition coefficient (Wildman–Crippen LogP) is 5.23. The SMILES string of the molecule is Cc1cc(Br)cc(C)c1NCc1ccc2ccccc2n1. The first-order valence-electron chi connectivity index (χ1n) is 6.99. The van der Waals surface area contributed by atoms with Crippen LogP contribution in [0.25, 0.3) is 10.9 Å². The topological polar surface area (TPSA) is 24.9 Å². The van der Waals surface area contributed by atoms with Crippen molar-refractivity contribution in [1.82, 2.24) is 4.98 Å². The van der Waals surface area contributed by atoms with Crippen LogP contribution in [-0.4, -0.2) is 4.98 Å². The third-order valence-electron chi connectivity index (χ3n) is 3.60. The summed E-state index contributed by atoms with van der Waals surface area (Å²) in [6, 6.07) is 16.7. The van der Waals surface area contributed by atoms with E-state index < -0.39 is 0 Å². The fraction of sp³-hybridized carbons (Fsp3) is 0.167. The fourth-order valence-corrected chi connectivity index (χ4v) is 3.26. The molecule has 21 heavy (non-hydrogen) atoms. The molecule has 0 aliphatic rings. The zero-order valence-corrected chi connectivity index (χ0v) is 13.7. The van der Waals surface area contributed by atoms with Crippen molar-refractivity contribution in [2.75, 3.05) is 5.32 Å². The van der Waals surface area contributed by atoms with Gasteiger partial charge in [-0.15, -0.1) is 0 Å². The Balaban J connectivity index is 1.83. The molecule has 0 fully saturated rings. The quantitative estimate of drug-likeness (QED) is 0.706. The molecule has 1 heterocycles. The van der Waals surface area contributed by atoms with E-state index in [1.54, 1.807) is 0 Å². The Morgan fingerprint density at radius 3 is 2.48 bits per heavy atom. The van der Waals surface area contributed by atoms with Gasteiger partial charge in [-0.05, 0) is 49.2 Å². The van der Waals surface area contributed by atoms with Crippen LogP contribution in [-0.2, 0) is 6.54 Å². The average molecular weight is 341 g/mol. The van der Waals surface area contributed by atoms with Gasteiger partial charge in [-0.25, -0.2) is 0 Å². The molecule has 2 aromatic carbocycles. The van der Waals surface area contributed by atoms with E-state index in [0.29, 0.717) is 0 Å². The van der Waals surface area contributed by atoms with Crippen LogP contribution in [0.5, 0.6) is 0 Å². The number of aryl methyl sites for hydroxylation is 2. The molecule has 2 nitrogen and oxygen atoms in total. The van der Waals surface area contributed by atoms with Crippen LogP contribution in [0, 0.1) is 13.8 Å². The van der Waals surface area contributed by atoms with E-state index in [9.17, 15) is 0 Å². The molecule has 0 radical (unpaired) electrons. The van der Waals surface area contributed by atoms with E-state index in [1.807, 2.05) is 12.1 Å². The van der Waals surface area contributed by atoms with Crippen LogP contribution < -0.4 is 5.32 Å². The molecule has 0 atom stereocenters. The van der Waals surface area contributed by atoms with Crippen molar-refractivity contribution < 1.29 is 0 Å². The van der Waals surface area contributed by atoms with Crippen LogP contribution in [0.15, 0.2) is 53.0 Å². The Hall–Kier alpha value is -1.87. The van der Waals surface area contributed by atoms with Crippen LogP contribution in [0.1, 0.15) is 16.8 Å². The van der Waals surface area contributed by atoms with Crippen molar-refractivity contribution in [3.63, 3.8) is 0 Å². The monoisotopic (exact) mass is 340 g/mol. The number of hydrogen-bond donors (Lipinski definition) is 1. The first-order chi connectivity index (χ1) is 10.1. The van der Waals surface area contributed by atoms with Crippen molar-refractivity contribution in [3.8, 4) is 0 Å². The molecular formula is C18H17BrN2. The highest BCUT2D eigenvalue weighted by Crippen LogP contribution is 2.25. The lowest BCUT2D eigenvalue weighted by Crippen LogP contribution is -2.04. The van der Waals surface area contributed by atoms with E-state index in [4.69, 9.17) is 4.98 Å². The van der Waals surface area contributed by atoms with Gasteiger partial charge >= 0.3 is 0 Å². The summed E-state index contributed by atoms with van der Waals surface area (Å²) < 4.78 is 1.12. The Kier molecular flexibility index (Phi) is 3.93. The molecule has 3 rings (SSSR count). The second-order valence-electron chi connectivity index (χ2n) is 5.26.